The van der Waals surface area contributed by atoms with Crippen molar-refractivity contribution in [3.63, 3.8) is 0 Å². The van der Waals surface area contributed by atoms with E-state index >= 15 is 0 Å². The van der Waals surface area contributed by atoms with Crippen molar-refractivity contribution in [3.05, 3.63) is 34.4 Å². The van der Waals surface area contributed by atoms with Crippen molar-refractivity contribution in [3.8, 4) is 6.07 Å². The van der Waals surface area contributed by atoms with Crippen LogP contribution in [0, 0.1) is 11.3 Å². The number of carboxylic acid groups (broad SMARTS) is 1. The summed E-state index contributed by atoms with van der Waals surface area (Å²) < 4.78 is 25.4. The van der Waals surface area contributed by atoms with E-state index in [-0.39, 0.29) is 17.4 Å². The molecule has 6 heteroatoms. The predicted octanol–water partition coefficient (Wildman–Crippen LogP) is 1.94. The number of carboxylic acids is 1. The topological polar surface area (TPSA) is 78.2 Å². The lowest BCUT2D eigenvalue weighted by Gasteiger charge is -2.09. The second kappa shape index (κ2) is 5.16. The van der Waals surface area contributed by atoms with Crippen molar-refractivity contribution in [2.45, 2.75) is 12.8 Å². The summed E-state index contributed by atoms with van der Waals surface area (Å²) in [6, 6.07) is 3.81. The van der Waals surface area contributed by atoms with E-state index in [1.807, 2.05) is 0 Å². The Bertz CT molecular complexity index is 506. The van der Waals surface area contributed by atoms with Gasteiger partial charge in [0.1, 0.15) is 0 Å². The molecule has 0 amide bonds. The first-order valence-corrected chi connectivity index (χ1v) is 4.52. The number of rotatable bonds is 4. The van der Waals surface area contributed by atoms with Crippen LogP contribution in [0.3, 0.4) is 0 Å². The summed E-state index contributed by atoms with van der Waals surface area (Å²) in [6.45, 7) is 0. The summed E-state index contributed by atoms with van der Waals surface area (Å²) in [5.74, 6) is -1.24. The molecule has 1 N–H and O–H groups in total. The summed E-state index contributed by atoms with van der Waals surface area (Å²) in [5.41, 5.74) is -1.47. The van der Waals surface area contributed by atoms with E-state index in [9.17, 15) is 18.4 Å². The zero-order valence-corrected chi connectivity index (χ0v) is 8.48. The Morgan fingerprint density at radius 2 is 2.18 bits per heavy atom. The van der Waals surface area contributed by atoms with E-state index in [0.29, 0.717) is 0 Å². The maximum Gasteiger partial charge on any atom is 0.307 e. The van der Waals surface area contributed by atoms with Crippen LogP contribution in [0.5, 0.6) is 0 Å². The Kier molecular flexibility index (Phi) is 3.88. The van der Waals surface area contributed by atoms with E-state index < -0.39 is 29.9 Å². The number of hydrogen-bond acceptors (Lipinski definition) is 3. The van der Waals surface area contributed by atoms with Gasteiger partial charge in [-0.25, -0.2) is 8.78 Å². The van der Waals surface area contributed by atoms with Crippen LogP contribution in [0.25, 0.3) is 0 Å². The molecule has 1 aromatic rings. The monoisotopic (exact) mass is 239 g/mol. The third-order valence-corrected chi connectivity index (χ3v) is 2.16. The van der Waals surface area contributed by atoms with Crippen molar-refractivity contribution >= 4 is 12.3 Å². The quantitative estimate of drug-likeness (QED) is 0.814. The van der Waals surface area contributed by atoms with E-state index in [1.54, 1.807) is 0 Å². The SMILES string of the molecule is N#Cc1c(CC(=O)O)ccc(C=O)c1C(F)F. The molecule has 0 spiro atoms. The lowest BCUT2D eigenvalue weighted by Crippen LogP contribution is -2.07. The summed E-state index contributed by atoms with van der Waals surface area (Å²) in [7, 11) is 0. The lowest BCUT2D eigenvalue weighted by atomic mass is 9.95. The summed E-state index contributed by atoms with van der Waals surface area (Å²) in [4.78, 5) is 21.1. The second-order valence-electron chi connectivity index (χ2n) is 3.20. The van der Waals surface area contributed by atoms with Crippen molar-refractivity contribution in [2.75, 3.05) is 0 Å². The maximum absolute atomic E-state index is 12.7. The molecule has 0 aromatic heterocycles. The molecule has 17 heavy (non-hydrogen) atoms. The Morgan fingerprint density at radius 3 is 2.59 bits per heavy atom. The number of nitriles is 1. The minimum absolute atomic E-state index is 0.0269. The molecular weight excluding hydrogens is 232 g/mol. The van der Waals surface area contributed by atoms with Gasteiger partial charge in [-0.1, -0.05) is 12.1 Å². The molecule has 1 aromatic carbocycles. The van der Waals surface area contributed by atoms with E-state index in [0.717, 1.165) is 6.07 Å². The first-order chi connectivity index (χ1) is 8.01. The van der Waals surface area contributed by atoms with Crippen LogP contribution in [0.2, 0.25) is 0 Å². The number of carbonyl (C=O) groups excluding carboxylic acids is 1. The Labute approximate surface area is 95.1 Å². The van der Waals surface area contributed by atoms with Crippen LogP contribution in [-0.4, -0.2) is 17.4 Å². The van der Waals surface area contributed by atoms with Gasteiger partial charge in [-0.2, -0.15) is 5.26 Å². The molecule has 0 aliphatic carbocycles. The standard InChI is InChI=1S/C11H7F2NO3/c12-11(13)10-7(5-15)2-1-6(3-9(16)17)8(10)4-14/h1-2,5,11H,3H2,(H,16,17). The van der Waals surface area contributed by atoms with Gasteiger partial charge in [0.05, 0.1) is 18.1 Å². The highest BCUT2D eigenvalue weighted by atomic mass is 19.3. The van der Waals surface area contributed by atoms with Gasteiger partial charge in [0.25, 0.3) is 6.43 Å². The number of alkyl halides is 2. The smallest absolute Gasteiger partial charge is 0.307 e. The first-order valence-electron chi connectivity index (χ1n) is 4.52. The maximum atomic E-state index is 12.7. The highest BCUT2D eigenvalue weighted by Crippen LogP contribution is 2.28. The number of aldehydes is 1. The van der Waals surface area contributed by atoms with Crippen molar-refractivity contribution in [1.82, 2.24) is 0 Å². The fourth-order valence-corrected chi connectivity index (χ4v) is 1.46. The van der Waals surface area contributed by atoms with E-state index in [1.165, 1.54) is 12.1 Å². The largest absolute Gasteiger partial charge is 0.481 e. The molecule has 1 rings (SSSR count). The molecule has 0 fully saturated rings. The fraction of sp³-hybridized carbons (Fsp3) is 0.182. The van der Waals surface area contributed by atoms with Crippen molar-refractivity contribution in [1.29, 1.82) is 5.26 Å². The highest BCUT2D eigenvalue weighted by molar-refractivity contribution is 5.80. The second-order valence-corrected chi connectivity index (χ2v) is 3.20. The third-order valence-electron chi connectivity index (χ3n) is 2.16. The Balaban J connectivity index is 3.47. The first kappa shape index (κ1) is 12.8. The number of nitrogens with zero attached hydrogens (tertiary/aromatic N) is 1. The van der Waals surface area contributed by atoms with Gasteiger partial charge in [-0.15, -0.1) is 0 Å². The molecule has 0 unspecified atom stereocenters. The van der Waals surface area contributed by atoms with Crippen LogP contribution in [0.4, 0.5) is 8.78 Å². The molecule has 0 radical (unpaired) electrons. The molecule has 0 bridgehead atoms. The number of aliphatic carboxylic acids is 1. The van der Waals surface area contributed by atoms with Crippen molar-refractivity contribution in [2.24, 2.45) is 0 Å². The summed E-state index contributed by atoms with van der Waals surface area (Å²) in [6.07, 6.45) is -3.33. The van der Waals surface area contributed by atoms with Crippen LogP contribution in [-0.2, 0) is 11.2 Å². The molecule has 0 heterocycles. The number of carbonyl (C=O) groups is 2. The average molecular weight is 239 g/mol. The van der Waals surface area contributed by atoms with Crippen LogP contribution < -0.4 is 0 Å². The zero-order chi connectivity index (χ0) is 13.0. The van der Waals surface area contributed by atoms with Crippen LogP contribution >= 0.6 is 0 Å². The summed E-state index contributed by atoms with van der Waals surface area (Å²) >= 11 is 0. The van der Waals surface area contributed by atoms with Crippen LogP contribution in [0.1, 0.15) is 33.5 Å². The van der Waals surface area contributed by atoms with E-state index in [4.69, 9.17) is 10.4 Å². The number of hydrogen-bond donors (Lipinski definition) is 1. The van der Waals surface area contributed by atoms with Gasteiger partial charge in [0.15, 0.2) is 6.29 Å². The zero-order valence-electron chi connectivity index (χ0n) is 8.48. The van der Waals surface area contributed by atoms with E-state index in [2.05, 4.69) is 0 Å². The Morgan fingerprint density at radius 1 is 1.53 bits per heavy atom. The fourth-order valence-electron chi connectivity index (χ4n) is 1.46. The van der Waals surface area contributed by atoms with Gasteiger partial charge in [0.2, 0.25) is 0 Å². The molecular formula is C11H7F2NO3. The summed E-state index contributed by atoms with van der Waals surface area (Å²) in [5, 5.41) is 17.4. The number of halogens is 2. The molecule has 0 aliphatic rings. The molecule has 0 aliphatic heterocycles. The highest BCUT2D eigenvalue weighted by Gasteiger charge is 2.21. The average Bonchev–Trinajstić information content (AvgIpc) is 2.27. The molecule has 88 valence electrons. The Hall–Kier alpha value is -2.29. The van der Waals surface area contributed by atoms with Gasteiger partial charge >= 0.3 is 5.97 Å². The van der Waals surface area contributed by atoms with Crippen LogP contribution in [0.15, 0.2) is 12.1 Å². The van der Waals surface area contributed by atoms with Gasteiger partial charge in [-0.3, -0.25) is 9.59 Å². The molecule has 4 nitrogen and oxygen atoms in total. The normalized spacial score (nSPS) is 10.0. The predicted molar refractivity (Wildman–Crippen MR) is 52.8 cm³/mol. The lowest BCUT2D eigenvalue weighted by molar-refractivity contribution is -0.136. The number of benzene rings is 1. The van der Waals surface area contributed by atoms with Crippen molar-refractivity contribution < 1.29 is 23.5 Å². The van der Waals surface area contributed by atoms with Gasteiger partial charge < -0.3 is 5.11 Å². The molecule has 0 atom stereocenters. The molecule has 0 saturated heterocycles. The van der Waals surface area contributed by atoms with Gasteiger partial charge in [0, 0.05) is 11.1 Å². The minimum Gasteiger partial charge on any atom is -0.481 e. The van der Waals surface area contributed by atoms with Gasteiger partial charge in [-0.05, 0) is 5.56 Å². The minimum atomic E-state index is -3.00. The molecule has 0 saturated carbocycles. The third kappa shape index (κ3) is 2.64.